The van der Waals surface area contributed by atoms with Crippen molar-refractivity contribution in [2.45, 2.75) is 18.8 Å². The van der Waals surface area contributed by atoms with Gasteiger partial charge in [0.15, 0.2) is 0 Å². The number of hydrogen-bond donors (Lipinski definition) is 1. The van der Waals surface area contributed by atoms with Crippen molar-refractivity contribution in [3.63, 3.8) is 0 Å². The summed E-state index contributed by atoms with van der Waals surface area (Å²) < 4.78 is 0. The van der Waals surface area contributed by atoms with Crippen LogP contribution in [0.2, 0.25) is 5.15 Å². The van der Waals surface area contributed by atoms with Crippen LogP contribution in [0.1, 0.15) is 23.6 Å². The molecule has 0 fully saturated rings. The highest BCUT2D eigenvalue weighted by atomic mass is 35.5. The smallest absolute Gasteiger partial charge is 0.129 e. The maximum absolute atomic E-state index is 9.02. The molecule has 0 aromatic carbocycles. The largest absolute Gasteiger partial charge is 0.396 e. The van der Waals surface area contributed by atoms with Crippen molar-refractivity contribution in [3.8, 4) is 0 Å². The van der Waals surface area contributed by atoms with Gasteiger partial charge in [0.1, 0.15) is 5.15 Å². The van der Waals surface area contributed by atoms with Crippen molar-refractivity contribution >= 4 is 11.6 Å². The lowest BCUT2D eigenvalue weighted by atomic mass is 10.1. The van der Waals surface area contributed by atoms with Gasteiger partial charge in [-0.1, -0.05) is 17.7 Å². The van der Waals surface area contributed by atoms with E-state index < -0.39 is 0 Å². The van der Waals surface area contributed by atoms with Crippen LogP contribution in [0.3, 0.4) is 0 Å². The average molecular weight is 184 g/mol. The number of halogens is 1. The quantitative estimate of drug-likeness (QED) is 0.673. The van der Waals surface area contributed by atoms with Crippen LogP contribution in [0.25, 0.3) is 0 Å². The van der Waals surface area contributed by atoms with Crippen LogP contribution in [-0.2, 0) is 6.42 Å². The van der Waals surface area contributed by atoms with Gasteiger partial charge in [-0.15, -0.1) is 0 Å². The van der Waals surface area contributed by atoms with E-state index in [9.17, 15) is 0 Å². The molecule has 0 spiro atoms. The predicted molar refractivity (Wildman–Crippen MR) is 47.4 cm³/mol. The molecule has 0 amide bonds. The van der Waals surface area contributed by atoms with Gasteiger partial charge in [0.2, 0.25) is 0 Å². The summed E-state index contributed by atoms with van der Waals surface area (Å²) >= 11 is 5.75. The Labute approximate surface area is 76.2 Å². The van der Waals surface area contributed by atoms with Crippen molar-refractivity contribution in [2.24, 2.45) is 0 Å². The lowest BCUT2D eigenvalue weighted by molar-refractivity contribution is 0.263. The second-order valence-electron chi connectivity index (χ2n) is 3.10. The van der Waals surface area contributed by atoms with Gasteiger partial charge in [0.05, 0.1) is 12.3 Å². The summed E-state index contributed by atoms with van der Waals surface area (Å²) in [6.45, 7) is 0.181. The molecule has 0 radical (unpaired) electrons. The highest BCUT2D eigenvalue weighted by Gasteiger charge is 2.23. The van der Waals surface area contributed by atoms with Gasteiger partial charge >= 0.3 is 0 Å². The van der Waals surface area contributed by atoms with Crippen LogP contribution >= 0.6 is 11.6 Å². The topological polar surface area (TPSA) is 33.1 Å². The number of aromatic nitrogens is 1. The van der Waals surface area contributed by atoms with Crippen LogP contribution in [0.15, 0.2) is 12.1 Å². The lowest BCUT2D eigenvalue weighted by Gasteiger charge is -2.05. The Morgan fingerprint density at radius 1 is 1.58 bits per heavy atom. The number of rotatable bonds is 1. The van der Waals surface area contributed by atoms with Crippen molar-refractivity contribution in [2.75, 3.05) is 6.61 Å². The minimum absolute atomic E-state index is 0.181. The van der Waals surface area contributed by atoms with E-state index in [2.05, 4.69) is 4.98 Å². The number of hydrogen-bond acceptors (Lipinski definition) is 2. The Hall–Kier alpha value is -0.600. The third-order valence-electron chi connectivity index (χ3n) is 2.35. The average Bonchev–Trinajstić information content (AvgIpc) is 2.46. The Morgan fingerprint density at radius 2 is 2.42 bits per heavy atom. The summed E-state index contributed by atoms with van der Waals surface area (Å²) in [7, 11) is 0. The molecule has 1 aliphatic carbocycles. The maximum Gasteiger partial charge on any atom is 0.129 e. The van der Waals surface area contributed by atoms with E-state index in [1.54, 1.807) is 6.07 Å². The fraction of sp³-hybridized carbons (Fsp3) is 0.444. The van der Waals surface area contributed by atoms with E-state index in [1.807, 2.05) is 6.07 Å². The highest BCUT2D eigenvalue weighted by Crippen LogP contribution is 2.31. The van der Waals surface area contributed by atoms with Crippen molar-refractivity contribution < 1.29 is 5.11 Å². The minimum Gasteiger partial charge on any atom is -0.396 e. The fourth-order valence-corrected chi connectivity index (χ4v) is 1.84. The standard InChI is InChI=1S/C9H10ClNO/c10-8-4-3-6-1-2-7(5-12)9(6)11-8/h3-4,7,12H,1-2,5H2. The van der Waals surface area contributed by atoms with Crippen LogP contribution in [0, 0.1) is 0 Å². The number of nitrogens with zero attached hydrogens (tertiary/aromatic N) is 1. The first-order chi connectivity index (χ1) is 5.81. The van der Waals surface area contributed by atoms with Gasteiger partial charge in [-0.3, -0.25) is 0 Å². The molecule has 0 saturated heterocycles. The Balaban J connectivity index is 2.42. The van der Waals surface area contributed by atoms with E-state index in [4.69, 9.17) is 16.7 Å². The first-order valence-electron chi connectivity index (χ1n) is 4.07. The second-order valence-corrected chi connectivity index (χ2v) is 3.48. The minimum atomic E-state index is 0.181. The predicted octanol–water partition coefficient (Wildman–Crippen LogP) is 1.76. The molecular formula is C9H10ClNO. The molecule has 1 atom stereocenters. The molecule has 1 N–H and O–H groups in total. The second kappa shape index (κ2) is 3.04. The van der Waals surface area contributed by atoms with Crippen molar-refractivity contribution in [3.05, 3.63) is 28.5 Å². The van der Waals surface area contributed by atoms with Crippen molar-refractivity contribution in [1.82, 2.24) is 4.98 Å². The molecule has 2 rings (SSSR count). The summed E-state index contributed by atoms with van der Waals surface area (Å²) in [5, 5.41) is 9.54. The zero-order chi connectivity index (χ0) is 8.55. The summed E-state index contributed by atoms with van der Waals surface area (Å²) in [5.41, 5.74) is 2.23. The van der Waals surface area contributed by atoms with Gasteiger partial charge in [-0.2, -0.15) is 0 Å². The SMILES string of the molecule is OCC1CCc2ccc(Cl)nc21. The Morgan fingerprint density at radius 3 is 3.17 bits per heavy atom. The van der Waals surface area contributed by atoms with Gasteiger partial charge in [-0.05, 0) is 24.5 Å². The summed E-state index contributed by atoms with van der Waals surface area (Å²) in [5.74, 6) is 0.207. The highest BCUT2D eigenvalue weighted by molar-refractivity contribution is 6.29. The third-order valence-corrected chi connectivity index (χ3v) is 2.56. The van der Waals surface area contributed by atoms with Crippen LogP contribution in [0.4, 0.5) is 0 Å². The van der Waals surface area contributed by atoms with Gasteiger partial charge in [0, 0.05) is 5.92 Å². The Kier molecular flexibility index (Phi) is 2.03. The molecule has 12 heavy (non-hydrogen) atoms. The first kappa shape index (κ1) is 8.02. The molecule has 0 aliphatic heterocycles. The summed E-state index contributed by atoms with van der Waals surface area (Å²) in [6, 6.07) is 3.81. The van der Waals surface area contributed by atoms with E-state index in [0.717, 1.165) is 18.5 Å². The Bertz CT molecular complexity index is 301. The van der Waals surface area contributed by atoms with Crippen molar-refractivity contribution in [1.29, 1.82) is 0 Å². The third kappa shape index (κ3) is 1.21. The normalized spacial score (nSPS) is 21.0. The number of aliphatic hydroxyl groups excluding tert-OH is 1. The lowest BCUT2D eigenvalue weighted by Crippen LogP contribution is -2.01. The van der Waals surface area contributed by atoms with Crippen LogP contribution in [-0.4, -0.2) is 16.7 Å². The van der Waals surface area contributed by atoms with Gasteiger partial charge in [0.25, 0.3) is 0 Å². The molecule has 0 bridgehead atoms. The van der Waals surface area contributed by atoms with E-state index >= 15 is 0 Å². The molecule has 1 aromatic rings. The molecule has 0 saturated carbocycles. The van der Waals surface area contributed by atoms with Gasteiger partial charge in [-0.25, -0.2) is 4.98 Å². The van der Waals surface area contributed by atoms with E-state index in [0.29, 0.717) is 5.15 Å². The zero-order valence-corrected chi connectivity index (χ0v) is 7.38. The summed E-state index contributed by atoms with van der Waals surface area (Å²) in [4.78, 5) is 4.21. The summed E-state index contributed by atoms with van der Waals surface area (Å²) in [6.07, 6.45) is 2.02. The molecule has 3 heteroatoms. The zero-order valence-electron chi connectivity index (χ0n) is 6.63. The molecule has 1 unspecified atom stereocenters. The monoisotopic (exact) mass is 183 g/mol. The van der Waals surface area contributed by atoms with E-state index in [1.165, 1.54) is 5.56 Å². The molecular weight excluding hydrogens is 174 g/mol. The number of fused-ring (bicyclic) bond motifs is 1. The van der Waals surface area contributed by atoms with Crippen LogP contribution in [0.5, 0.6) is 0 Å². The van der Waals surface area contributed by atoms with E-state index in [-0.39, 0.29) is 12.5 Å². The molecule has 1 aromatic heterocycles. The number of aliphatic hydroxyl groups is 1. The fourth-order valence-electron chi connectivity index (χ4n) is 1.69. The molecule has 1 heterocycles. The number of aryl methyl sites for hydroxylation is 1. The van der Waals surface area contributed by atoms with Gasteiger partial charge < -0.3 is 5.11 Å². The molecule has 64 valence electrons. The van der Waals surface area contributed by atoms with Crippen LogP contribution < -0.4 is 0 Å². The molecule has 1 aliphatic rings. The first-order valence-corrected chi connectivity index (χ1v) is 4.45. The maximum atomic E-state index is 9.02. The number of pyridine rings is 1. The molecule has 2 nitrogen and oxygen atoms in total.